The van der Waals surface area contributed by atoms with Crippen molar-refractivity contribution in [3.05, 3.63) is 71.9 Å². The summed E-state index contributed by atoms with van der Waals surface area (Å²) in [6.45, 7) is 2.22. The van der Waals surface area contributed by atoms with E-state index in [2.05, 4.69) is 70.7 Å². The minimum atomic E-state index is -0.249. The summed E-state index contributed by atoms with van der Waals surface area (Å²) in [5, 5.41) is 12.4. The molecule has 3 unspecified atom stereocenters. The fourth-order valence-electron chi connectivity index (χ4n) is 5.03. The highest BCUT2D eigenvalue weighted by molar-refractivity contribution is 5.85. The summed E-state index contributed by atoms with van der Waals surface area (Å²) in [5.74, 6) is 0.641. The van der Waals surface area contributed by atoms with E-state index in [1.807, 2.05) is 0 Å². The zero-order chi connectivity index (χ0) is 16.8. The van der Waals surface area contributed by atoms with Crippen molar-refractivity contribution >= 4 is 23.3 Å². The second-order valence-corrected chi connectivity index (χ2v) is 7.53. The predicted octanol–water partition coefficient (Wildman–Crippen LogP) is 4.18. The van der Waals surface area contributed by atoms with Crippen molar-refractivity contribution in [1.29, 1.82) is 0 Å². The van der Waals surface area contributed by atoms with Crippen molar-refractivity contribution in [2.45, 2.75) is 30.9 Å². The minimum absolute atomic E-state index is 0. The van der Waals surface area contributed by atoms with E-state index in [0.717, 1.165) is 25.9 Å². The number of benzene rings is 2. The van der Waals surface area contributed by atoms with Crippen LogP contribution in [0.3, 0.4) is 0 Å². The highest BCUT2D eigenvalue weighted by atomic mass is 35.5. The number of fused-ring (bicyclic) bond motifs is 4. The molecule has 6 rings (SSSR count). The Morgan fingerprint density at radius 1 is 0.962 bits per heavy atom. The summed E-state index contributed by atoms with van der Waals surface area (Å²) >= 11 is 0. The molecule has 0 saturated carbocycles. The largest absolute Gasteiger partial charge is 0.391 e. The van der Waals surface area contributed by atoms with Gasteiger partial charge in [0.05, 0.1) is 6.10 Å². The number of aromatic amines is 1. The summed E-state index contributed by atoms with van der Waals surface area (Å²) in [6, 6.07) is 19.4. The molecular formula is C22H25ClN2O. The van der Waals surface area contributed by atoms with Gasteiger partial charge in [-0.3, -0.25) is 4.90 Å². The lowest BCUT2D eigenvalue weighted by Gasteiger charge is -2.51. The van der Waals surface area contributed by atoms with Gasteiger partial charge in [0.1, 0.15) is 0 Å². The number of piperidine rings is 3. The number of aromatic nitrogens is 1. The van der Waals surface area contributed by atoms with E-state index in [1.54, 1.807) is 0 Å². The zero-order valence-corrected chi connectivity index (χ0v) is 15.5. The van der Waals surface area contributed by atoms with Crippen LogP contribution >= 0.6 is 12.4 Å². The lowest BCUT2D eigenvalue weighted by atomic mass is 9.72. The van der Waals surface area contributed by atoms with Gasteiger partial charge in [0.25, 0.3) is 0 Å². The van der Waals surface area contributed by atoms with Crippen LogP contribution in [0, 0.1) is 5.92 Å². The molecule has 2 N–H and O–H groups in total. The molecule has 1 aromatic heterocycles. The van der Waals surface area contributed by atoms with Gasteiger partial charge in [0.15, 0.2) is 0 Å². The fourth-order valence-corrected chi connectivity index (χ4v) is 5.03. The molecule has 26 heavy (non-hydrogen) atoms. The van der Waals surface area contributed by atoms with Crippen LogP contribution in [-0.2, 0) is 0 Å². The van der Waals surface area contributed by atoms with Crippen molar-refractivity contribution in [3.63, 3.8) is 0 Å². The van der Waals surface area contributed by atoms with Gasteiger partial charge < -0.3 is 10.1 Å². The molecular weight excluding hydrogens is 344 g/mol. The SMILES string of the molecule is Cl.OC1C2CCN(CC2)C1C(c1ccccc1)c1c[nH]c2ccccc12. The quantitative estimate of drug-likeness (QED) is 0.728. The van der Waals surface area contributed by atoms with Crippen LogP contribution in [0.25, 0.3) is 10.9 Å². The molecule has 4 heterocycles. The average molecular weight is 369 g/mol. The number of halogens is 1. The van der Waals surface area contributed by atoms with Gasteiger partial charge in [-0.2, -0.15) is 0 Å². The predicted molar refractivity (Wildman–Crippen MR) is 108 cm³/mol. The lowest BCUT2D eigenvalue weighted by molar-refractivity contribution is -0.0773. The highest BCUT2D eigenvalue weighted by Crippen LogP contribution is 2.43. The first kappa shape index (κ1) is 17.6. The summed E-state index contributed by atoms with van der Waals surface area (Å²) in [7, 11) is 0. The molecule has 0 amide bonds. The summed E-state index contributed by atoms with van der Waals surface area (Å²) in [4.78, 5) is 5.95. The number of H-pyrrole nitrogens is 1. The van der Waals surface area contributed by atoms with Crippen molar-refractivity contribution in [3.8, 4) is 0 Å². The molecule has 0 spiro atoms. The van der Waals surface area contributed by atoms with Crippen molar-refractivity contribution in [2.24, 2.45) is 5.92 Å². The zero-order valence-electron chi connectivity index (χ0n) is 14.7. The van der Waals surface area contributed by atoms with E-state index in [0.29, 0.717) is 5.92 Å². The molecule has 3 aliphatic rings. The second kappa shape index (κ2) is 7.07. The molecule has 0 aliphatic carbocycles. The topological polar surface area (TPSA) is 39.3 Å². The van der Waals surface area contributed by atoms with E-state index in [4.69, 9.17) is 0 Å². The Balaban J connectivity index is 0.00000168. The fraction of sp³-hybridized carbons (Fsp3) is 0.364. The molecule has 3 aliphatic heterocycles. The Morgan fingerprint density at radius 2 is 1.65 bits per heavy atom. The number of rotatable bonds is 3. The molecule has 3 fully saturated rings. The Morgan fingerprint density at radius 3 is 2.38 bits per heavy atom. The lowest BCUT2D eigenvalue weighted by Crippen LogP contribution is -2.60. The van der Waals surface area contributed by atoms with E-state index in [1.165, 1.54) is 22.0 Å². The third kappa shape index (κ3) is 2.75. The van der Waals surface area contributed by atoms with Crippen molar-refractivity contribution in [2.75, 3.05) is 13.1 Å². The smallest absolute Gasteiger partial charge is 0.0733 e. The normalized spacial score (nSPS) is 28.7. The van der Waals surface area contributed by atoms with Gasteiger partial charge in [-0.15, -0.1) is 12.4 Å². The molecule has 2 bridgehead atoms. The van der Waals surface area contributed by atoms with Gasteiger partial charge in [-0.05, 0) is 49.0 Å². The minimum Gasteiger partial charge on any atom is -0.391 e. The number of nitrogens with zero attached hydrogens (tertiary/aromatic N) is 1. The molecule has 136 valence electrons. The highest BCUT2D eigenvalue weighted by Gasteiger charge is 2.46. The Hall–Kier alpha value is -1.81. The van der Waals surface area contributed by atoms with E-state index in [-0.39, 0.29) is 30.5 Å². The number of hydrogen-bond donors (Lipinski definition) is 2. The Labute approximate surface area is 160 Å². The van der Waals surface area contributed by atoms with Crippen LogP contribution in [-0.4, -0.2) is 40.2 Å². The molecule has 4 heteroatoms. The van der Waals surface area contributed by atoms with Crippen LogP contribution in [0.4, 0.5) is 0 Å². The molecule has 3 atom stereocenters. The molecule has 3 aromatic rings. The first-order valence-electron chi connectivity index (χ1n) is 9.36. The maximum atomic E-state index is 11.1. The second-order valence-electron chi connectivity index (χ2n) is 7.53. The summed E-state index contributed by atoms with van der Waals surface area (Å²) < 4.78 is 0. The van der Waals surface area contributed by atoms with Crippen LogP contribution in [0.2, 0.25) is 0 Å². The van der Waals surface area contributed by atoms with Gasteiger partial charge in [-0.25, -0.2) is 0 Å². The summed E-state index contributed by atoms with van der Waals surface area (Å²) in [6.07, 6.45) is 4.17. The number of nitrogens with one attached hydrogen (secondary N) is 1. The molecule has 3 nitrogen and oxygen atoms in total. The molecule has 3 saturated heterocycles. The molecule has 0 radical (unpaired) electrons. The first-order chi connectivity index (χ1) is 12.3. The average Bonchev–Trinajstić information content (AvgIpc) is 3.10. The van der Waals surface area contributed by atoms with E-state index >= 15 is 0 Å². The Bertz CT molecular complexity index is 868. The van der Waals surface area contributed by atoms with Crippen molar-refractivity contribution in [1.82, 2.24) is 9.88 Å². The van der Waals surface area contributed by atoms with Crippen molar-refractivity contribution < 1.29 is 5.11 Å². The standard InChI is InChI=1S/C22H24N2O.ClH/c25-22-16-10-12-24(13-11-16)21(22)20(15-6-2-1-3-7-15)18-14-23-19-9-5-4-8-17(18)19;/h1-9,14,16,20-23,25H,10-13H2;1H. The number of aliphatic hydroxyl groups is 1. The number of hydrogen-bond acceptors (Lipinski definition) is 2. The maximum absolute atomic E-state index is 11.1. The van der Waals surface area contributed by atoms with Crippen LogP contribution in [0.5, 0.6) is 0 Å². The molecule has 2 aromatic carbocycles. The number of aliphatic hydroxyl groups excluding tert-OH is 1. The van der Waals surface area contributed by atoms with E-state index < -0.39 is 0 Å². The van der Waals surface area contributed by atoms with Gasteiger partial charge >= 0.3 is 0 Å². The number of para-hydroxylation sites is 1. The van der Waals surface area contributed by atoms with Crippen LogP contribution in [0.1, 0.15) is 29.9 Å². The van der Waals surface area contributed by atoms with Gasteiger partial charge in [-0.1, -0.05) is 48.5 Å². The third-order valence-corrected chi connectivity index (χ3v) is 6.29. The van der Waals surface area contributed by atoms with Gasteiger partial charge in [0.2, 0.25) is 0 Å². The van der Waals surface area contributed by atoms with Crippen LogP contribution in [0.15, 0.2) is 60.8 Å². The maximum Gasteiger partial charge on any atom is 0.0733 e. The monoisotopic (exact) mass is 368 g/mol. The van der Waals surface area contributed by atoms with Gasteiger partial charge in [0, 0.05) is 29.1 Å². The first-order valence-corrected chi connectivity index (χ1v) is 9.36. The van der Waals surface area contributed by atoms with Crippen LogP contribution < -0.4 is 0 Å². The van der Waals surface area contributed by atoms with E-state index in [9.17, 15) is 5.11 Å². The summed E-state index contributed by atoms with van der Waals surface area (Å²) in [5.41, 5.74) is 3.77. The Kier molecular flexibility index (Phi) is 4.78. The third-order valence-electron chi connectivity index (χ3n) is 6.29.